The Hall–Kier alpha value is -2.01. The van der Waals surface area contributed by atoms with Crippen molar-refractivity contribution in [1.29, 1.82) is 0 Å². The van der Waals surface area contributed by atoms with Crippen LogP contribution in [0, 0.1) is 5.82 Å². The van der Waals surface area contributed by atoms with Crippen molar-refractivity contribution < 1.29 is 19.1 Å². The molecule has 21 heavy (non-hydrogen) atoms. The van der Waals surface area contributed by atoms with Crippen LogP contribution >= 0.6 is 11.3 Å². The minimum absolute atomic E-state index is 0.0216. The third kappa shape index (κ3) is 3.03. The Labute approximate surface area is 126 Å². The minimum atomic E-state index is -1.14. The molecule has 1 N–H and O–H groups in total. The fourth-order valence-corrected chi connectivity index (χ4v) is 2.87. The molecule has 0 spiro atoms. The van der Waals surface area contributed by atoms with Crippen molar-refractivity contribution in [2.24, 2.45) is 0 Å². The van der Waals surface area contributed by atoms with Crippen LogP contribution in [0.25, 0.3) is 0 Å². The summed E-state index contributed by atoms with van der Waals surface area (Å²) in [6.45, 7) is 5.56. The van der Waals surface area contributed by atoms with E-state index in [1.807, 2.05) is 20.8 Å². The van der Waals surface area contributed by atoms with Crippen molar-refractivity contribution in [3.05, 3.63) is 57.0 Å². The van der Waals surface area contributed by atoms with Crippen molar-refractivity contribution in [2.45, 2.75) is 26.2 Å². The molecule has 1 heterocycles. The molecule has 110 valence electrons. The predicted octanol–water partition coefficient (Wildman–Crippen LogP) is 4.11. The van der Waals surface area contributed by atoms with Crippen LogP contribution in [0.5, 0.6) is 0 Å². The Morgan fingerprint density at radius 3 is 2.43 bits per heavy atom. The van der Waals surface area contributed by atoms with Crippen LogP contribution in [0.1, 0.15) is 51.9 Å². The number of carboxylic acid groups (broad SMARTS) is 1. The molecule has 2 rings (SSSR count). The van der Waals surface area contributed by atoms with Crippen LogP contribution in [0.2, 0.25) is 0 Å². The van der Waals surface area contributed by atoms with Crippen LogP contribution in [0.4, 0.5) is 4.39 Å². The third-order valence-corrected chi connectivity index (χ3v) is 4.05. The lowest BCUT2D eigenvalue weighted by Crippen LogP contribution is -2.15. The number of aromatic carboxylic acids is 1. The molecule has 0 saturated carbocycles. The summed E-state index contributed by atoms with van der Waals surface area (Å²) < 4.78 is 13.9. The number of carboxylic acids is 1. The van der Waals surface area contributed by atoms with E-state index in [0.717, 1.165) is 11.3 Å². The maximum absolute atomic E-state index is 13.9. The highest BCUT2D eigenvalue weighted by molar-refractivity contribution is 7.12. The van der Waals surface area contributed by atoms with Gasteiger partial charge < -0.3 is 5.11 Å². The van der Waals surface area contributed by atoms with E-state index in [2.05, 4.69) is 0 Å². The first-order valence-corrected chi connectivity index (χ1v) is 7.25. The molecule has 0 bridgehead atoms. The molecule has 5 heteroatoms. The fourth-order valence-electron chi connectivity index (χ4n) is 2.03. The topological polar surface area (TPSA) is 54.4 Å². The van der Waals surface area contributed by atoms with Gasteiger partial charge in [0.2, 0.25) is 5.78 Å². The minimum Gasteiger partial charge on any atom is -0.478 e. The Balaban J connectivity index is 2.50. The highest BCUT2D eigenvalue weighted by Crippen LogP contribution is 2.28. The molecule has 1 aromatic heterocycles. The summed E-state index contributed by atoms with van der Waals surface area (Å²) in [5.74, 6) is -1.91. The Morgan fingerprint density at radius 2 is 1.86 bits per heavy atom. The number of hydrogen-bond donors (Lipinski definition) is 1. The summed E-state index contributed by atoms with van der Waals surface area (Å²) in [5.41, 5.74) is 0.269. The second-order valence-corrected chi connectivity index (χ2v) is 6.66. The zero-order valence-electron chi connectivity index (χ0n) is 11.9. The number of benzene rings is 1. The van der Waals surface area contributed by atoms with Gasteiger partial charge >= 0.3 is 5.97 Å². The highest BCUT2D eigenvalue weighted by Gasteiger charge is 2.23. The molecule has 0 aliphatic rings. The second kappa shape index (κ2) is 5.41. The molecule has 2 aromatic rings. The molecular weight excluding hydrogens is 291 g/mol. The Kier molecular flexibility index (Phi) is 3.96. The SMILES string of the molecule is CC(C)(C)c1cc(C(=O)c2sccc2C(=O)O)ccc1F. The summed E-state index contributed by atoms with van der Waals surface area (Å²) in [4.78, 5) is 23.7. The molecule has 0 aliphatic heterocycles. The molecule has 0 unspecified atom stereocenters. The number of carbonyl (C=O) groups is 2. The van der Waals surface area contributed by atoms with Crippen molar-refractivity contribution in [2.75, 3.05) is 0 Å². The monoisotopic (exact) mass is 306 g/mol. The lowest BCUT2D eigenvalue weighted by Gasteiger charge is -2.20. The number of carbonyl (C=O) groups excluding carboxylic acids is 1. The smallest absolute Gasteiger partial charge is 0.337 e. The zero-order chi connectivity index (χ0) is 15.8. The van der Waals surface area contributed by atoms with Gasteiger partial charge in [0, 0.05) is 5.56 Å². The van der Waals surface area contributed by atoms with Gasteiger partial charge in [-0.05, 0) is 40.6 Å². The predicted molar refractivity (Wildman–Crippen MR) is 79.8 cm³/mol. The van der Waals surface area contributed by atoms with E-state index in [4.69, 9.17) is 5.11 Å². The van der Waals surface area contributed by atoms with Crippen LogP contribution in [0.15, 0.2) is 29.6 Å². The van der Waals surface area contributed by atoms with Gasteiger partial charge in [-0.3, -0.25) is 4.79 Å². The van der Waals surface area contributed by atoms with Crippen molar-refractivity contribution in [1.82, 2.24) is 0 Å². The summed E-state index contributed by atoms with van der Waals surface area (Å²) in [6, 6.07) is 5.54. The standard InChI is InChI=1S/C16H15FO3S/c1-16(2,3)11-8-9(4-5-12(11)17)13(18)14-10(15(19)20)6-7-21-14/h4-8H,1-3H3,(H,19,20). The molecule has 0 atom stereocenters. The fraction of sp³-hybridized carbons (Fsp3) is 0.250. The van der Waals surface area contributed by atoms with E-state index >= 15 is 0 Å². The highest BCUT2D eigenvalue weighted by atomic mass is 32.1. The average molecular weight is 306 g/mol. The zero-order valence-corrected chi connectivity index (χ0v) is 12.8. The van der Waals surface area contributed by atoms with Crippen LogP contribution in [-0.4, -0.2) is 16.9 Å². The first-order chi connectivity index (χ1) is 9.71. The molecule has 0 amide bonds. The van der Waals surface area contributed by atoms with Gasteiger partial charge in [-0.2, -0.15) is 0 Å². The van der Waals surface area contributed by atoms with Crippen LogP contribution < -0.4 is 0 Å². The van der Waals surface area contributed by atoms with Gasteiger partial charge in [-0.1, -0.05) is 20.8 Å². The number of rotatable bonds is 3. The molecule has 0 saturated heterocycles. The van der Waals surface area contributed by atoms with Crippen LogP contribution in [0.3, 0.4) is 0 Å². The molecule has 1 aromatic carbocycles. The van der Waals surface area contributed by atoms with Crippen molar-refractivity contribution in [3.8, 4) is 0 Å². The third-order valence-electron chi connectivity index (χ3n) is 3.14. The van der Waals surface area contributed by atoms with Gasteiger partial charge in [-0.15, -0.1) is 11.3 Å². The van der Waals surface area contributed by atoms with Gasteiger partial charge in [0.25, 0.3) is 0 Å². The lowest BCUT2D eigenvalue weighted by molar-refractivity contribution is 0.0693. The summed E-state index contributed by atoms with van der Waals surface area (Å²) >= 11 is 1.07. The van der Waals surface area contributed by atoms with E-state index in [-0.39, 0.29) is 16.3 Å². The van der Waals surface area contributed by atoms with Gasteiger partial charge in [0.05, 0.1) is 10.4 Å². The Bertz CT molecular complexity index is 711. The maximum atomic E-state index is 13.9. The molecule has 0 aliphatic carbocycles. The number of halogens is 1. The number of ketones is 1. The van der Waals surface area contributed by atoms with Crippen molar-refractivity contribution >= 4 is 23.1 Å². The normalized spacial score (nSPS) is 11.4. The maximum Gasteiger partial charge on any atom is 0.337 e. The molecule has 0 fully saturated rings. The summed E-state index contributed by atoms with van der Waals surface area (Å²) in [5, 5.41) is 10.6. The number of hydrogen-bond acceptors (Lipinski definition) is 3. The Morgan fingerprint density at radius 1 is 1.19 bits per heavy atom. The van der Waals surface area contributed by atoms with Gasteiger partial charge in [0.15, 0.2) is 0 Å². The lowest BCUT2D eigenvalue weighted by atomic mass is 9.85. The summed E-state index contributed by atoms with van der Waals surface area (Å²) in [6.07, 6.45) is 0. The van der Waals surface area contributed by atoms with E-state index in [1.54, 1.807) is 5.38 Å². The van der Waals surface area contributed by atoms with Gasteiger partial charge in [0.1, 0.15) is 5.82 Å². The number of thiophene rings is 1. The van der Waals surface area contributed by atoms with Gasteiger partial charge in [-0.25, -0.2) is 9.18 Å². The van der Waals surface area contributed by atoms with Crippen molar-refractivity contribution in [3.63, 3.8) is 0 Å². The van der Waals surface area contributed by atoms with E-state index in [1.165, 1.54) is 24.3 Å². The molecule has 0 radical (unpaired) electrons. The van der Waals surface area contributed by atoms with E-state index in [0.29, 0.717) is 11.1 Å². The summed E-state index contributed by atoms with van der Waals surface area (Å²) in [7, 11) is 0. The van der Waals surface area contributed by atoms with Crippen LogP contribution in [-0.2, 0) is 5.41 Å². The average Bonchev–Trinajstić information content (AvgIpc) is 2.86. The largest absolute Gasteiger partial charge is 0.478 e. The first-order valence-electron chi connectivity index (χ1n) is 6.37. The first kappa shape index (κ1) is 15.4. The quantitative estimate of drug-likeness (QED) is 0.868. The van der Waals surface area contributed by atoms with E-state index < -0.39 is 17.2 Å². The van der Waals surface area contributed by atoms with E-state index in [9.17, 15) is 14.0 Å². The molecular formula is C16H15FO3S. The second-order valence-electron chi connectivity index (χ2n) is 5.74. The molecule has 3 nitrogen and oxygen atoms in total.